The lowest BCUT2D eigenvalue weighted by molar-refractivity contribution is -0.121. The number of carbonyl (C=O) groups is 1. The zero-order valence-corrected chi connectivity index (χ0v) is 19.3. The van der Waals surface area contributed by atoms with Crippen molar-refractivity contribution >= 4 is 29.0 Å². The van der Waals surface area contributed by atoms with Crippen molar-refractivity contribution in [2.45, 2.75) is 58.1 Å². The maximum absolute atomic E-state index is 13.4. The highest BCUT2D eigenvalue weighted by molar-refractivity contribution is 6.12. The van der Waals surface area contributed by atoms with Gasteiger partial charge in [-0.3, -0.25) is 9.69 Å². The third kappa shape index (κ3) is 4.51. The highest BCUT2D eigenvalue weighted by atomic mass is 19.4. The van der Waals surface area contributed by atoms with Crippen LogP contribution in [0.25, 0.3) is 0 Å². The molecule has 2 aliphatic rings. The van der Waals surface area contributed by atoms with Gasteiger partial charge in [-0.15, -0.1) is 0 Å². The van der Waals surface area contributed by atoms with E-state index in [0.717, 1.165) is 5.82 Å². The lowest BCUT2D eigenvalue weighted by atomic mass is 9.87. The first-order valence-corrected chi connectivity index (χ1v) is 10.9. The van der Waals surface area contributed by atoms with E-state index in [1.54, 1.807) is 26.0 Å². The minimum atomic E-state index is -4.49. The predicted molar refractivity (Wildman–Crippen MR) is 119 cm³/mol. The molecule has 0 bridgehead atoms. The number of pyridine rings is 1. The Bertz CT molecular complexity index is 1070. The number of hydrogen-bond donors (Lipinski definition) is 2. The van der Waals surface area contributed by atoms with Crippen molar-refractivity contribution in [2.24, 2.45) is 0 Å². The fraction of sp³-hybridized carbons (Fsp3) is 0.545. The summed E-state index contributed by atoms with van der Waals surface area (Å²) in [6.45, 7) is 6.61. The van der Waals surface area contributed by atoms with Gasteiger partial charge in [-0.25, -0.2) is 15.0 Å². The first-order chi connectivity index (χ1) is 15.9. The quantitative estimate of drug-likeness (QED) is 0.674. The number of ether oxygens (including phenoxy) is 1. The van der Waals surface area contributed by atoms with Gasteiger partial charge >= 0.3 is 6.18 Å². The summed E-state index contributed by atoms with van der Waals surface area (Å²) in [5.41, 5.74) is -0.552. The van der Waals surface area contributed by atoms with E-state index >= 15 is 0 Å². The zero-order valence-electron chi connectivity index (χ0n) is 19.3. The summed E-state index contributed by atoms with van der Waals surface area (Å²) >= 11 is 0. The predicted octanol–water partition coefficient (Wildman–Crippen LogP) is 2.91. The van der Waals surface area contributed by atoms with Crippen molar-refractivity contribution in [3.63, 3.8) is 0 Å². The van der Waals surface area contributed by atoms with Crippen LogP contribution >= 0.6 is 0 Å². The largest absolute Gasteiger partial charge is 0.405 e. The number of fused-ring (bicyclic) bond motifs is 1. The van der Waals surface area contributed by atoms with Gasteiger partial charge in [0.05, 0.1) is 35.1 Å². The average molecular weight is 480 g/mol. The fourth-order valence-electron chi connectivity index (χ4n) is 4.40. The summed E-state index contributed by atoms with van der Waals surface area (Å²) in [7, 11) is 0. The number of halogens is 3. The van der Waals surface area contributed by atoms with Crippen molar-refractivity contribution in [1.29, 1.82) is 0 Å². The van der Waals surface area contributed by atoms with Crippen molar-refractivity contribution in [3.05, 3.63) is 29.7 Å². The van der Waals surface area contributed by atoms with E-state index in [-0.39, 0.29) is 41.1 Å². The molecule has 184 valence electrons. The molecule has 2 aromatic rings. The molecule has 1 saturated heterocycles. The van der Waals surface area contributed by atoms with E-state index < -0.39 is 24.7 Å². The fourth-order valence-corrected chi connectivity index (χ4v) is 4.40. The SMILES string of the molecule is C[C@@H]1CN(c2ccc(N3C(=O)C(C)(C)c4c(NCC(F)(F)F)nc(CO)nc43)cn2)C[C@H](C)O1. The molecule has 4 heterocycles. The Kier molecular flexibility index (Phi) is 6.15. The van der Waals surface area contributed by atoms with E-state index in [1.807, 2.05) is 13.8 Å². The number of aliphatic hydroxyl groups excluding tert-OH is 1. The molecule has 0 spiro atoms. The third-order valence-corrected chi connectivity index (χ3v) is 5.84. The first kappa shape index (κ1) is 24.1. The number of alkyl halides is 3. The standard InChI is InChI=1S/C22H27F3N6O3/c1-12-8-30(9-13(2)34-12)16-6-5-14(7-26-16)31-19-17(21(3,4)20(31)33)18(27-11-22(23,24)25)28-15(10-32)29-19/h5-7,12-13,32H,8-11H2,1-4H3,(H,27,28,29)/t12-,13+. The molecular weight excluding hydrogens is 453 g/mol. The molecule has 2 aromatic heterocycles. The molecule has 0 unspecified atom stereocenters. The van der Waals surface area contributed by atoms with E-state index in [2.05, 4.69) is 25.2 Å². The molecule has 0 radical (unpaired) electrons. The van der Waals surface area contributed by atoms with Gasteiger partial charge in [0.1, 0.15) is 30.6 Å². The van der Waals surface area contributed by atoms with Crippen LogP contribution in [-0.4, -0.2) is 64.0 Å². The van der Waals surface area contributed by atoms with Gasteiger partial charge in [0.2, 0.25) is 5.91 Å². The van der Waals surface area contributed by atoms with Crippen molar-refractivity contribution in [1.82, 2.24) is 15.0 Å². The number of anilines is 4. The van der Waals surface area contributed by atoms with Crippen LogP contribution in [0.1, 0.15) is 39.1 Å². The Hall–Kier alpha value is -2.99. The van der Waals surface area contributed by atoms with Crippen LogP contribution in [0.2, 0.25) is 0 Å². The second-order valence-electron chi connectivity index (χ2n) is 9.12. The second-order valence-corrected chi connectivity index (χ2v) is 9.12. The van der Waals surface area contributed by atoms with Gasteiger partial charge in [-0.05, 0) is 39.8 Å². The van der Waals surface area contributed by atoms with E-state index in [4.69, 9.17) is 4.74 Å². The van der Waals surface area contributed by atoms with Crippen molar-refractivity contribution in [3.8, 4) is 0 Å². The Morgan fingerprint density at radius 3 is 2.44 bits per heavy atom. The maximum atomic E-state index is 13.4. The lowest BCUT2D eigenvalue weighted by Gasteiger charge is -2.36. The monoisotopic (exact) mass is 480 g/mol. The van der Waals surface area contributed by atoms with Gasteiger partial charge in [0.25, 0.3) is 0 Å². The molecule has 1 fully saturated rings. The Balaban J connectivity index is 1.71. The molecular formula is C22H27F3N6O3. The van der Waals surface area contributed by atoms with Crippen LogP contribution in [0.5, 0.6) is 0 Å². The van der Waals surface area contributed by atoms with Crippen LogP contribution in [0.15, 0.2) is 18.3 Å². The number of nitrogens with one attached hydrogen (secondary N) is 1. The zero-order chi connectivity index (χ0) is 24.8. The minimum absolute atomic E-state index is 0.0503. The van der Waals surface area contributed by atoms with Crippen LogP contribution in [0.3, 0.4) is 0 Å². The smallest absolute Gasteiger partial charge is 0.388 e. The summed E-state index contributed by atoms with van der Waals surface area (Å²) in [5.74, 6) is 0.239. The molecule has 0 aromatic carbocycles. The minimum Gasteiger partial charge on any atom is -0.388 e. The number of aromatic nitrogens is 3. The molecule has 0 saturated carbocycles. The number of carbonyl (C=O) groups excluding carboxylic acids is 1. The summed E-state index contributed by atoms with van der Waals surface area (Å²) in [4.78, 5) is 29.6. The van der Waals surface area contributed by atoms with Crippen LogP contribution in [-0.2, 0) is 21.6 Å². The molecule has 2 aliphatic heterocycles. The van der Waals surface area contributed by atoms with Gasteiger partial charge < -0.3 is 20.1 Å². The summed E-state index contributed by atoms with van der Waals surface area (Å²) in [5, 5.41) is 11.9. The van der Waals surface area contributed by atoms with Crippen molar-refractivity contribution in [2.75, 3.05) is 34.8 Å². The summed E-state index contributed by atoms with van der Waals surface area (Å²) < 4.78 is 44.4. The topological polar surface area (TPSA) is 104 Å². The number of nitrogens with zero attached hydrogens (tertiary/aromatic N) is 5. The lowest BCUT2D eigenvalue weighted by Crippen LogP contribution is -2.45. The van der Waals surface area contributed by atoms with Gasteiger partial charge in [0.15, 0.2) is 5.82 Å². The molecule has 12 heteroatoms. The summed E-state index contributed by atoms with van der Waals surface area (Å²) in [6.07, 6.45) is -2.85. The second kappa shape index (κ2) is 8.66. The van der Waals surface area contributed by atoms with Crippen LogP contribution in [0.4, 0.5) is 36.3 Å². The summed E-state index contributed by atoms with van der Waals surface area (Å²) in [6, 6.07) is 3.51. The van der Waals surface area contributed by atoms with Gasteiger partial charge in [-0.1, -0.05) is 0 Å². The number of amides is 1. The number of morpholine rings is 1. The normalized spacial score (nSPS) is 22.2. The molecule has 2 N–H and O–H groups in total. The van der Waals surface area contributed by atoms with Gasteiger partial charge in [-0.2, -0.15) is 13.2 Å². The van der Waals surface area contributed by atoms with Crippen LogP contribution < -0.4 is 15.1 Å². The van der Waals surface area contributed by atoms with E-state index in [1.165, 1.54) is 11.1 Å². The van der Waals surface area contributed by atoms with Crippen LogP contribution in [0, 0.1) is 0 Å². The molecule has 4 rings (SSSR count). The highest BCUT2D eigenvalue weighted by Crippen LogP contribution is 2.47. The van der Waals surface area contributed by atoms with E-state index in [0.29, 0.717) is 18.8 Å². The van der Waals surface area contributed by atoms with Gasteiger partial charge in [0, 0.05) is 13.1 Å². The third-order valence-electron chi connectivity index (χ3n) is 5.84. The molecule has 0 aliphatic carbocycles. The molecule has 1 amide bonds. The molecule has 9 nitrogen and oxygen atoms in total. The molecule has 34 heavy (non-hydrogen) atoms. The molecule has 2 atom stereocenters. The van der Waals surface area contributed by atoms with Crippen molar-refractivity contribution < 1.29 is 27.8 Å². The average Bonchev–Trinajstić information content (AvgIpc) is 2.96. The Morgan fingerprint density at radius 1 is 1.21 bits per heavy atom. The number of rotatable bonds is 5. The highest BCUT2D eigenvalue weighted by Gasteiger charge is 2.49. The first-order valence-electron chi connectivity index (χ1n) is 10.9. The number of aliphatic hydroxyl groups is 1. The maximum Gasteiger partial charge on any atom is 0.405 e. The number of hydrogen-bond acceptors (Lipinski definition) is 8. The van der Waals surface area contributed by atoms with E-state index in [9.17, 15) is 23.1 Å². The Labute approximate surface area is 195 Å². The Morgan fingerprint density at radius 2 is 1.88 bits per heavy atom.